The van der Waals surface area contributed by atoms with E-state index in [1.165, 1.54) is 11.6 Å². The fourth-order valence-electron chi connectivity index (χ4n) is 2.88. The molecule has 3 aromatic heterocycles. The fourth-order valence-corrected chi connectivity index (χ4v) is 4.01. The summed E-state index contributed by atoms with van der Waals surface area (Å²) in [5.74, 6) is 0.658. The third-order valence-corrected chi connectivity index (χ3v) is 5.58. The average Bonchev–Trinajstić information content (AvgIpc) is 2.68. The molecule has 0 N–H and O–H groups in total. The first kappa shape index (κ1) is 18.4. The van der Waals surface area contributed by atoms with E-state index in [2.05, 4.69) is 16.9 Å². The fraction of sp³-hybridized carbons (Fsp3) is 0.368. The van der Waals surface area contributed by atoms with Gasteiger partial charge in [-0.15, -0.1) is 11.8 Å². The van der Waals surface area contributed by atoms with Crippen LogP contribution in [0.15, 0.2) is 45.1 Å². The Labute approximate surface area is 155 Å². The van der Waals surface area contributed by atoms with Crippen molar-refractivity contribution in [3.63, 3.8) is 0 Å². The van der Waals surface area contributed by atoms with Crippen molar-refractivity contribution in [1.82, 2.24) is 19.1 Å². The highest BCUT2D eigenvalue weighted by Gasteiger charge is 2.17. The van der Waals surface area contributed by atoms with Crippen molar-refractivity contribution in [2.24, 2.45) is 14.1 Å². The quantitative estimate of drug-likeness (QED) is 0.624. The maximum absolute atomic E-state index is 12.8. The number of fused-ring (bicyclic) bond motifs is 1. The predicted molar refractivity (Wildman–Crippen MR) is 105 cm³/mol. The molecule has 0 aromatic carbocycles. The molecule has 3 heterocycles. The lowest BCUT2D eigenvalue weighted by Crippen LogP contribution is -2.37. The van der Waals surface area contributed by atoms with Crippen LogP contribution in [0.3, 0.4) is 0 Å². The van der Waals surface area contributed by atoms with Gasteiger partial charge in [0.05, 0.1) is 11.1 Å². The molecule has 0 radical (unpaired) electrons. The molecule has 0 saturated carbocycles. The Kier molecular flexibility index (Phi) is 5.56. The van der Waals surface area contributed by atoms with E-state index in [9.17, 15) is 9.59 Å². The van der Waals surface area contributed by atoms with Crippen LogP contribution in [0.25, 0.3) is 11.0 Å². The van der Waals surface area contributed by atoms with E-state index in [0.29, 0.717) is 16.8 Å². The molecule has 0 amide bonds. The molecule has 0 spiro atoms. The number of aromatic nitrogens is 4. The Bertz CT molecular complexity index is 1040. The van der Waals surface area contributed by atoms with Gasteiger partial charge in [0.1, 0.15) is 5.65 Å². The van der Waals surface area contributed by atoms with Gasteiger partial charge in [0.2, 0.25) is 0 Å². The molecule has 0 fully saturated rings. The third-order valence-electron chi connectivity index (χ3n) is 4.39. The van der Waals surface area contributed by atoms with E-state index in [1.54, 1.807) is 31.2 Å². The van der Waals surface area contributed by atoms with Crippen LogP contribution in [0.2, 0.25) is 0 Å². The van der Waals surface area contributed by atoms with Gasteiger partial charge in [-0.05, 0) is 30.5 Å². The van der Waals surface area contributed by atoms with Crippen molar-refractivity contribution >= 4 is 22.8 Å². The maximum atomic E-state index is 12.8. The van der Waals surface area contributed by atoms with Gasteiger partial charge in [0.15, 0.2) is 0 Å². The topological polar surface area (TPSA) is 69.8 Å². The van der Waals surface area contributed by atoms with Crippen LogP contribution in [-0.2, 0) is 26.3 Å². The van der Waals surface area contributed by atoms with Crippen molar-refractivity contribution in [1.29, 1.82) is 0 Å². The van der Waals surface area contributed by atoms with Crippen LogP contribution in [0.5, 0.6) is 0 Å². The summed E-state index contributed by atoms with van der Waals surface area (Å²) in [4.78, 5) is 34.8. The first-order chi connectivity index (χ1) is 12.5. The van der Waals surface area contributed by atoms with Gasteiger partial charge in [-0.25, -0.2) is 9.78 Å². The van der Waals surface area contributed by atoms with E-state index < -0.39 is 0 Å². The van der Waals surface area contributed by atoms with Gasteiger partial charge < -0.3 is 0 Å². The summed E-state index contributed by atoms with van der Waals surface area (Å²) in [7, 11) is 3.16. The molecule has 3 aromatic rings. The summed E-state index contributed by atoms with van der Waals surface area (Å²) in [5.41, 5.74) is 1.78. The lowest BCUT2D eigenvalue weighted by Gasteiger charge is -2.14. The molecule has 0 unspecified atom stereocenters. The second kappa shape index (κ2) is 7.86. The van der Waals surface area contributed by atoms with Crippen molar-refractivity contribution < 1.29 is 0 Å². The van der Waals surface area contributed by atoms with Crippen molar-refractivity contribution in [3.8, 4) is 0 Å². The number of unbranched alkanes of at least 4 members (excludes halogenated alkanes) is 1. The highest BCUT2D eigenvalue weighted by Crippen LogP contribution is 2.31. The van der Waals surface area contributed by atoms with Crippen LogP contribution in [-0.4, -0.2) is 19.1 Å². The number of aryl methyl sites for hydroxylation is 2. The highest BCUT2D eigenvalue weighted by atomic mass is 32.2. The lowest BCUT2D eigenvalue weighted by molar-refractivity contribution is 0.703. The second-order valence-electron chi connectivity index (χ2n) is 6.23. The second-order valence-corrected chi connectivity index (χ2v) is 7.22. The maximum Gasteiger partial charge on any atom is 0.332 e. The zero-order chi connectivity index (χ0) is 18.7. The molecule has 0 aliphatic heterocycles. The Morgan fingerprint density at radius 2 is 1.92 bits per heavy atom. The molecule has 0 aliphatic carbocycles. The number of nitrogens with zero attached hydrogens (tertiary/aromatic N) is 4. The molecule has 6 nitrogen and oxygen atoms in total. The zero-order valence-corrected chi connectivity index (χ0v) is 16.0. The SMILES string of the molecule is CCCCc1cnc2c(c1SCc1ccccn1)c(=O)n(C)c(=O)n2C. The molecule has 0 atom stereocenters. The van der Waals surface area contributed by atoms with Gasteiger partial charge in [-0.2, -0.15) is 0 Å². The van der Waals surface area contributed by atoms with Crippen LogP contribution in [0.4, 0.5) is 0 Å². The molecule has 7 heteroatoms. The number of pyridine rings is 2. The van der Waals surface area contributed by atoms with Crippen molar-refractivity contribution in [2.45, 2.75) is 36.8 Å². The van der Waals surface area contributed by atoms with Crippen molar-refractivity contribution in [2.75, 3.05) is 0 Å². The van der Waals surface area contributed by atoms with Gasteiger partial charge >= 0.3 is 5.69 Å². The summed E-state index contributed by atoms with van der Waals surface area (Å²) in [6, 6.07) is 5.80. The molecular formula is C19H22N4O2S. The van der Waals surface area contributed by atoms with Gasteiger partial charge in [-0.3, -0.25) is 18.9 Å². The standard InChI is InChI=1S/C19H22N4O2S/c1-4-5-8-13-11-21-17-15(18(24)23(3)19(25)22(17)2)16(13)26-12-14-9-6-7-10-20-14/h6-7,9-11H,4-5,8,12H2,1-3H3. The third kappa shape index (κ3) is 3.44. The van der Waals surface area contributed by atoms with Gasteiger partial charge in [0, 0.05) is 37.1 Å². The Hall–Kier alpha value is -2.41. The van der Waals surface area contributed by atoms with E-state index in [1.807, 2.05) is 18.2 Å². The van der Waals surface area contributed by atoms with Crippen LogP contribution in [0, 0.1) is 0 Å². The van der Waals surface area contributed by atoms with E-state index in [0.717, 1.165) is 40.0 Å². The lowest BCUT2D eigenvalue weighted by atomic mass is 10.1. The number of thioether (sulfide) groups is 1. The summed E-state index contributed by atoms with van der Waals surface area (Å²) in [5, 5.41) is 0.518. The molecular weight excluding hydrogens is 348 g/mol. The summed E-state index contributed by atoms with van der Waals surface area (Å²) in [6.45, 7) is 2.14. The highest BCUT2D eigenvalue weighted by molar-refractivity contribution is 7.98. The Morgan fingerprint density at radius 3 is 2.62 bits per heavy atom. The zero-order valence-electron chi connectivity index (χ0n) is 15.2. The predicted octanol–water partition coefficient (Wildman–Crippen LogP) is 2.66. The van der Waals surface area contributed by atoms with Gasteiger partial charge in [0.25, 0.3) is 5.56 Å². The largest absolute Gasteiger partial charge is 0.332 e. The van der Waals surface area contributed by atoms with E-state index in [4.69, 9.17) is 0 Å². The molecule has 0 saturated heterocycles. The molecule has 3 rings (SSSR count). The molecule has 26 heavy (non-hydrogen) atoms. The minimum Gasteiger partial charge on any atom is -0.280 e. The summed E-state index contributed by atoms with van der Waals surface area (Å²) < 4.78 is 2.59. The Morgan fingerprint density at radius 1 is 1.12 bits per heavy atom. The summed E-state index contributed by atoms with van der Waals surface area (Å²) in [6.07, 6.45) is 6.51. The number of rotatable bonds is 6. The normalized spacial score (nSPS) is 11.2. The summed E-state index contributed by atoms with van der Waals surface area (Å²) >= 11 is 1.59. The van der Waals surface area contributed by atoms with Crippen LogP contribution >= 0.6 is 11.8 Å². The van der Waals surface area contributed by atoms with Gasteiger partial charge in [-0.1, -0.05) is 19.4 Å². The molecule has 136 valence electrons. The molecule has 0 bridgehead atoms. The number of hydrogen-bond acceptors (Lipinski definition) is 5. The average molecular weight is 370 g/mol. The van der Waals surface area contributed by atoms with Crippen molar-refractivity contribution in [3.05, 3.63) is 62.7 Å². The van der Waals surface area contributed by atoms with Crippen LogP contribution in [0.1, 0.15) is 31.0 Å². The smallest absolute Gasteiger partial charge is 0.280 e. The number of hydrogen-bond donors (Lipinski definition) is 0. The van der Waals surface area contributed by atoms with Crippen LogP contribution < -0.4 is 11.2 Å². The minimum absolute atomic E-state index is 0.294. The monoisotopic (exact) mass is 370 g/mol. The molecule has 0 aliphatic rings. The van der Waals surface area contributed by atoms with E-state index >= 15 is 0 Å². The first-order valence-electron chi connectivity index (χ1n) is 8.65. The van der Waals surface area contributed by atoms with E-state index in [-0.39, 0.29) is 11.2 Å². The first-order valence-corrected chi connectivity index (χ1v) is 9.63. The Balaban J connectivity index is 2.18. The minimum atomic E-state index is -0.364.